The number of rotatable bonds is 3. The van der Waals surface area contributed by atoms with Gasteiger partial charge < -0.3 is 11.1 Å². The smallest absolute Gasteiger partial charge is 0.225 e. The van der Waals surface area contributed by atoms with Gasteiger partial charge in [-0.25, -0.2) is 4.98 Å². The highest BCUT2D eigenvalue weighted by molar-refractivity contribution is 7.13. The third-order valence-corrected chi connectivity index (χ3v) is 2.13. The molecule has 0 radical (unpaired) electrons. The van der Waals surface area contributed by atoms with Crippen molar-refractivity contribution in [1.82, 2.24) is 4.98 Å². The van der Waals surface area contributed by atoms with Crippen LogP contribution in [0.25, 0.3) is 0 Å². The van der Waals surface area contributed by atoms with E-state index in [0.717, 1.165) is 5.69 Å². The number of hydrogen-bond donors (Lipinski definition) is 2. The molecule has 0 unspecified atom stereocenters. The van der Waals surface area contributed by atoms with E-state index in [2.05, 4.69) is 10.3 Å². The molecule has 12 heavy (non-hydrogen) atoms. The van der Waals surface area contributed by atoms with Crippen molar-refractivity contribution in [2.24, 2.45) is 5.73 Å². The van der Waals surface area contributed by atoms with Gasteiger partial charge in [-0.05, 0) is 0 Å². The number of thiazole rings is 1. The second-order valence-corrected chi connectivity index (χ2v) is 3.11. The van der Waals surface area contributed by atoms with E-state index in [1.165, 1.54) is 11.3 Å². The number of hydrogen-bond acceptors (Lipinski definition) is 4. The number of carbonyl (C=O) groups excluding carboxylic acids is 1. The summed E-state index contributed by atoms with van der Waals surface area (Å²) < 4.78 is 0. The van der Waals surface area contributed by atoms with E-state index >= 15 is 0 Å². The van der Waals surface area contributed by atoms with Gasteiger partial charge in [-0.2, -0.15) is 0 Å². The summed E-state index contributed by atoms with van der Waals surface area (Å²) >= 11 is 1.39. The van der Waals surface area contributed by atoms with E-state index < -0.39 is 0 Å². The Morgan fingerprint density at radius 1 is 1.83 bits per heavy atom. The number of nitrogens with zero attached hydrogens (tertiary/aromatic N) is 1. The van der Waals surface area contributed by atoms with Gasteiger partial charge in [-0.3, -0.25) is 4.79 Å². The molecule has 3 N–H and O–H groups in total. The molecular weight excluding hydrogens is 174 g/mol. The maximum atomic E-state index is 10.9. The molecule has 0 saturated carbocycles. The van der Waals surface area contributed by atoms with Crippen molar-refractivity contribution < 1.29 is 4.79 Å². The minimum atomic E-state index is -0.0204. The van der Waals surface area contributed by atoms with Crippen LogP contribution in [0.2, 0.25) is 0 Å². The first-order valence-corrected chi connectivity index (χ1v) is 4.58. The maximum absolute atomic E-state index is 10.9. The fourth-order valence-electron chi connectivity index (χ4n) is 0.666. The summed E-state index contributed by atoms with van der Waals surface area (Å²) in [5.41, 5.74) is 6.17. The maximum Gasteiger partial charge on any atom is 0.225 e. The van der Waals surface area contributed by atoms with E-state index in [4.69, 9.17) is 5.73 Å². The Hall–Kier alpha value is -0.940. The van der Waals surface area contributed by atoms with Gasteiger partial charge in [0.15, 0.2) is 5.13 Å². The Bertz CT molecular complexity index is 271. The van der Waals surface area contributed by atoms with Crippen molar-refractivity contribution in [2.75, 3.05) is 5.32 Å². The highest BCUT2D eigenvalue weighted by atomic mass is 32.1. The molecule has 5 heteroatoms. The SMILES string of the molecule is CCC(=O)Nc1nc(CN)cs1. The van der Waals surface area contributed by atoms with Gasteiger partial charge in [0.05, 0.1) is 5.69 Å². The van der Waals surface area contributed by atoms with E-state index in [1.807, 2.05) is 5.38 Å². The normalized spacial score (nSPS) is 9.83. The molecule has 0 aliphatic heterocycles. The average Bonchev–Trinajstić information content (AvgIpc) is 2.52. The van der Waals surface area contributed by atoms with E-state index in [-0.39, 0.29) is 5.91 Å². The van der Waals surface area contributed by atoms with Gasteiger partial charge in [0.1, 0.15) is 0 Å². The molecule has 0 aliphatic carbocycles. The fourth-order valence-corrected chi connectivity index (χ4v) is 1.41. The lowest BCUT2D eigenvalue weighted by Crippen LogP contribution is -2.09. The van der Waals surface area contributed by atoms with Crippen LogP contribution < -0.4 is 11.1 Å². The summed E-state index contributed by atoms with van der Waals surface area (Å²) in [6.07, 6.45) is 0.470. The van der Waals surface area contributed by atoms with Gasteiger partial charge in [0.25, 0.3) is 0 Å². The second kappa shape index (κ2) is 4.18. The number of nitrogens with two attached hydrogens (primary N) is 1. The summed E-state index contributed by atoms with van der Waals surface area (Å²) in [4.78, 5) is 15.0. The molecule has 0 fully saturated rings. The highest BCUT2D eigenvalue weighted by Gasteiger charge is 2.02. The van der Waals surface area contributed by atoms with Crippen molar-refractivity contribution in [1.29, 1.82) is 0 Å². The van der Waals surface area contributed by atoms with Gasteiger partial charge in [-0.15, -0.1) is 11.3 Å². The third-order valence-electron chi connectivity index (χ3n) is 1.33. The minimum absolute atomic E-state index is 0.0204. The summed E-state index contributed by atoms with van der Waals surface area (Å²) in [6.45, 7) is 2.21. The third kappa shape index (κ3) is 2.28. The zero-order valence-corrected chi connectivity index (χ0v) is 7.65. The number of aromatic nitrogens is 1. The molecule has 1 heterocycles. The minimum Gasteiger partial charge on any atom is -0.325 e. The lowest BCUT2D eigenvalue weighted by atomic mass is 10.5. The zero-order chi connectivity index (χ0) is 8.97. The van der Waals surface area contributed by atoms with E-state index in [9.17, 15) is 4.79 Å². The molecule has 4 nitrogen and oxygen atoms in total. The molecule has 0 spiro atoms. The highest BCUT2D eigenvalue weighted by Crippen LogP contribution is 2.14. The van der Waals surface area contributed by atoms with Crippen molar-refractivity contribution in [2.45, 2.75) is 19.9 Å². The molecule has 0 saturated heterocycles. The molecule has 0 aromatic carbocycles. The fraction of sp³-hybridized carbons (Fsp3) is 0.429. The number of nitrogens with one attached hydrogen (secondary N) is 1. The van der Waals surface area contributed by atoms with Crippen LogP contribution in [-0.4, -0.2) is 10.9 Å². The zero-order valence-electron chi connectivity index (χ0n) is 6.83. The molecular formula is C7H11N3OS. The summed E-state index contributed by atoms with van der Waals surface area (Å²) in [5.74, 6) is -0.0204. The van der Waals surface area contributed by atoms with Crippen molar-refractivity contribution in [3.05, 3.63) is 11.1 Å². The monoisotopic (exact) mass is 185 g/mol. The number of anilines is 1. The van der Waals surface area contributed by atoms with Crippen LogP contribution in [0.1, 0.15) is 19.0 Å². The summed E-state index contributed by atoms with van der Waals surface area (Å²) in [7, 11) is 0. The topological polar surface area (TPSA) is 68.0 Å². The Morgan fingerprint density at radius 2 is 2.58 bits per heavy atom. The Balaban J connectivity index is 2.58. The molecule has 1 amide bonds. The molecule has 0 bridgehead atoms. The standard InChI is InChI=1S/C7H11N3OS/c1-2-6(11)10-7-9-5(3-8)4-12-7/h4H,2-3,8H2,1H3,(H,9,10,11). The predicted molar refractivity (Wildman–Crippen MR) is 48.9 cm³/mol. The van der Waals surface area contributed by atoms with Crippen LogP contribution in [-0.2, 0) is 11.3 Å². The quantitative estimate of drug-likeness (QED) is 0.736. The Morgan fingerprint density at radius 3 is 3.08 bits per heavy atom. The lowest BCUT2D eigenvalue weighted by Gasteiger charge is -1.95. The van der Waals surface area contributed by atoms with Crippen LogP contribution in [0.3, 0.4) is 0 Å². The Labute approximate surface area is 74.8 Å². The van der Waals surface area contributed by atoms with Crippen LogP contribution in [0.5, 0.6) is 0 Å². The second-order valence-electron chi connectivity index (χ2n) is 2.25. The first-order valence-electron chi connectivity index (χ1n) is 3.70. The number of carbonyl (C=O) groups is 1. The molecule has 1 aromatic heterocycles. The van der Waals surface area contributed by atoms with Crippen LogP contribution in [0.15, 0.2) is 5.38 Å². The van der Waals surface area contributed by atoms with Crippen molar-refractivity contribution in [3.63, 3.8) is 0 Å². The molecule has 66 valence electrons. The van der Waals surface area contributed by atoms with Crippen molar-refractivity contribution in [3.8, 4) is 0 Å². The molecule has 1 aromatic rings. The van der Waals surface area contributed by atoms with Crippen molar-refractivity contribution >= 4 is 22.4 Å². The van der Waals surface area contributed by atoms with Gasteiger partial charge in [0, 0.05) is 18.3 Å². The summed E-state index contributed by atoms with van der Waals surface area (Å²) in [6, 6.07) is 0. The van der Waals surface area contributed by atoms with Gasteiger partial charge >= 0.3 is 0 Å². The number of amides is 1. The van der Waals surface area contributed by atoms with Gasteiger partial charge in [0.2, 0.25) is 5.91 Å². The summed E-state index contributed by atoms with van der Waals surface area (Å²) in [5, 5.41) is 5.12. The van der Waals surface area contributed by atoms with E-state index in [0.29, 0.717) is 18.1 Å². The molecule has 0 atom stereocenters. The van der Waals surface area contributed by atoms with E-state index in [1.54, 1.807) is 6.92 Å². The van der Waals surface area contributed by atoms with Crippen LogP contribution in [0, 0.1) is 0 Å². The first kappa shape index (κ1) is 9.15. The Kier molecular flexibility index (Phi) is 3.19. The van der Waals surface area contributed by atoms with Crippen LogP contribution >= 0.6 is 11.3 Å². The first-order chi connectivity index (χ1) is 5.76. The molecule has 1 rings (SSSR count). The van der Waals surface area contributed by atoms with Crippen LogP contribution in [0.4, 0.5) is 5.13 Å². The lowest BCUT2D eigenvalue weighted by molar-refractivity contribution is -0.115. The average molecular weight is 185 g/mol. The predicted octanol–water partition coefficient (Wildman–Crippen LogP) is 0.950. The van der Waals surface area contributed by atoms with Gasteiger partial charge in [-0.1, -0.05) is 6.92 Å². The largest absolute Gasteiger partial charge is 0.325 e. The molecule has 0 aliphatic rings.